The van der Waals surface area contributed by atoms with Gasteiger partial charge in [-0.3, -0.25) is 9.78 Å². The van der Waals surface area contributed by atoms with E-state index in [2.05, 4.69) is 31.0 Å². The Kier molecular flexibility index (Phi) is 4.15. The van der Waals surface area contributed by atoms with Gasteiger partial charge >= 0.3 is 0 Å². The highest BCUT2D eigenvalue weighted by atomic mass is 16.5. The van der Waals surface area contributed by atoms with Crippen molar-refractivity contribution in [3.63, 3.8) is 0 Å². The van der Waals surface area contributed by atoms with Crippen LogP contribution >= 0.6 is 0 Å². The second kappa shape index (κ2) is 6.40. The van der Waals surface area contributed by atoms with Crippen LogP contribution in [0.3, 0.4) is 0 Å². The summed E-state index contributed by atoms with van der Waals surface area (Å²) in [6.45, 7) is 4.50. The Morgan fingerprint density at radius 1 is 1.21 bits per heavy atom. The number of carbonyl (C=O) groups is 1. The first-order valence-corrected chi connectivity index (χ1v) is 10.7. The average molecular weight is 392 g/mol. The van der Waals surface area contributed by atoms with Crippen molar-refractivity contribution in [1.82, 2.24) is 4.98 Å². The predicted octanol–water partition coefficient (Wildman–Crippen LogP) is 4.65. The Bertz CT molecular complexity index is 988. The molecule has 0 bridgehead atoms. The molecular weight excluding hydrogens is 362 g/mol. The quantitative estimate of drug-likeness (QED) is 0.746. The molecule has 0 spiro atoms. The normalized spacial score (nSPS) is 36.1. The van der Waals surface area contributed by atoms with Crippen molar-refractivity contribution in [2.45, 2.75) is 58.5 Å². The molecular formula is C25H29NO3. The molecule has 1 fully saturated rings. The second-order valence-corrected chi connectivity index (χ2v) is 9.61. The molecule has 1 heterocycles. The summed E-state index contributed by atoms with van der Waals surface area (Å²) in [5.74, 6) is 1.36. The van der Waals surface area contributed by atoms with Gasteiger partial charge in [0.1, 0.15) is 5.75 Å². The summed E-state index contributed by atoms with van der Waals surface area (Å²) in [5, 5.41) is 10.2. The van der Waals surface area contributed by atoms with Crippen LogP contribution in [0.25, 0.3) is 5.57 Å². The van der Waals surface area contributed by atoms with Crippen LogP contribution in [-0.4, -0.2) is 29.1 Å². The maximum absolute atomic E-state index is 13.5. The highest BCUT2D eigenvalue weighted by Gasteiger charge is 2.53. The van der Waals surface area contributed by atoms with E-state index in [4.69, 9.17) is 4.74 Å². The number of hydrogen-bond acceptors (Lipinski definition) is 4. The zero-order valence-corrected chi connectivity index (χ0v) is 17.5. The number of carbonyl (C=O) groups excluding carboxylic acids is 1. The number of methoxy groups -OCH3 is 1. The van der Waals surface area contributed by atoms with E-state index in [1.165, 1.54) is 16.7 Å². The van der Waals surface area contributed by atoms with Crippen LogP contribution in [0, 0.1) is 16.7 Å². The van der Waals surface area contributed by atoms with Crippen molar-refractivity contribution in [3.05, 3.63) is 52.9 Å². The van der Waals surface area contributed by atoms with Gasteiger partial charge in [0.05, 0.1) is 24.8 Å². The number of aliphatic hydroxyl groups is 1. The lowest BCUT2D eigenvalue weighted by atomic mass is 9.53. The fraction of sp³-hybridized carbons (Fsp3) is 0.520. The summed E-state index contributed by atoms with van der Waals surface area (Å²) in [6, 6.07) is 1.91. The van der Waals surface area contributed by atoms with Crippen molar-refractivity contribution in [3.8, 4) is 5.75 Å². The summed E-state index contributed by atoms with van der Waals surface area (Å²) in [5.41, 5.74) is 5.41. The molecule has 4 aliphatic rings. The first-order chi connectivity index (χ1) is 13.9. The first kappa shape index (κ1) is 18.8. The molecule has 1 aromatic heterocycles. The Balaban J connectivity index is 1.62. The smallest absolute Gasteiger partial charge is 0.173 e. The van der Waals surface area contributed by atoms with Gasteiger partial charge in [-0.1, -0.05) is 24.1 Å². The third-order valence-corrected chi connectivity index (χ3v) is 8.11. The fourth-order valence-electron chi connectivity index (χ4n) is 6.29. The number of aromatic nitrogens is 1. The molecule has 0 saturated heterocycles. The number of pyridine rings is 1. The fourth-order valence-corrected chi connectivity index (χ4v) is 6.29. The Hall–Kier alpha value is -2.20. The standard InChI is InChI=1S/C25H29NO3/c1-24-8-6-17(27)11-16(24)4-5-19-21(24)7-9-25(2)22(19)12-20(23(25)28)15-10-18(29-3)14-26-13-15/h4,10,12-14,17,21,27H,5-9,11H2,1-3H3/t17-,21-,24-,25-/m0/s1. The number of Topliss-reactive ketones (excluding diaryl/α,β-unsaturated/α-hetero) is 1. The molecule has 1 N–H and O–H groups in total. The molecule has 152 valence electrons. The maximum Gasteiger partial charge on any atom is 0.173 e. The van der Waals surface area contributed by atoms with Crippen molar-refractivity contribution in [1.29, 1.82) is 0 Å². The molecule has 4 atom stereocenters. The molecule has 0 amide bonds. The number of nitrogens with zero attached hydrogens (tertiary/aromatic N) is 1. The van der Waals surface area contributed by atoms with Gasteiger partial charge in [0, 0.05) is 17.3 Å². The largest absolute Gasteiger partial charge is 0.495 e. The predicted molar refractivity (Wildman–Crippen MR) is 112 cm³/mol. The number of allylic oxidation sites excluding steroid dienone is 5. The van der Waals surface area contributed by atoms with Gasteiger partial charge in [0.15, 0.2) is 5.78 Å². The van der Waals surface area contributed by atoms with Gasteiger partial charge in [0.25, 0.3) is 0 Å². The summed E-state index contributed by atoms with van der Waals surface area (Å²) in [6.07, 6.45) is 13.3. The van der Waals surface area contributed by atoms with E-state index < -0.39 is 5.41 Å². The van der Waals surface area contributed by atoms with E-state index in [-0.39, 0.29) is 17.3 Å². The van der Waals surface area contributed by atoms with Crippen LogP contribution in [0.15, 0.2) is 47.3 Å². The molecule has 4 aliphatic carbocycles. The zero-order valence-electron chi connectivity index (χ0n) is 17.5. The SMILES string of the molecule is COc1cncc(C2=CC3=C4CC=C5C[C@@H](O)CC[C@]5(C)[C@H]4CC[C@]3(C)C2=O)c1. The number of ketones is 1. The molecule has 1 aromatic rings. The lowest BCUT2D eigenvalue weighted by Crippen LogP contribution is -2.43. The molecule has 0 radical (unpaired) electrons. The van der Waals surface area contributed by atoms with Crippen LogP contribution in [0.4, 0.5) is 0 Å². The van der Waals surface area contributed by atoms with E-state index in [0.717, 1.165) is 49.7 Å². The lowest BCUT2D eigenvalue weighted by Gasteiger charge is -2.51. The highest BCUT2D eigenvalue weighted by Crippen LogP contribution is 2.61. The Morgan fingerprint density at radius 2 is 2.03 bits per heavy atom. The number of fused-ring (bicyclic) bond motifs is 4. The number of ether oxygens (including phenoxy) is 1. The number of aliphatic hydroxyl groups excluding tert-OH is 1. The summed E-state index contributed by atoms with van der Waals surface area (Å²) < 4.78 is 5.32. The summed E-state index contributed by atoms with van der Waals surface area (Å²) >= 11 is 0. The molecule has 4 nitrogen and oxygen atoms in total. The van der Waals surface area contributed by atoms with Gasteiger partial charge in [0.2, 0.25) is 0 Å². The second-order valence-electron chi connectivity index (χ2n) is 9.61. The lowest BCUT2D eigenvalue weighted by molar-refractivity contribution is -0.120. The van der Waals surface area contributed by atoms with E-state index >= 15 is 0 Å². The van der Waals surface area contributed by atoms with Gasteiger partial charge < -0.3 is 9.84 Å². The first-order valence-electron chi connectivity index (χ1n) is 10.7. The molecule has 0 aromatic carbocycles. The summed E-state index contributed by atoms with van der Waals surface area (Å²) in [7, 11) is 1.62. The maximum atomic E-state index is 13.5. The minimum absolute atomic E-state index is 0.123. The molecule has 4 heteroatoms. The summed E-state index contributed by atoms with van der Waals surface area (Å²) in [4.78, 5) is 17.8. The molecule has 1 saturated carbocycles. The molecule has 29 heavy (non-hydrogen) atoms. The van der Waals surface area contributed by atoms with Gasteiger partial charge in [-0.2, -0.15) is 0 Å². The van der Waals surface area contributed by atoms with Crippen LogP contribution in [-0.2, 0) is 4.79 Å². The van der Waals surface area contributed by atoms with Crippen molar-refractivity contribution >= 4 is 11.4 Å². The molecule has 0 unspecified atom stereocenters. The van der Waals surface area contributed by atoms with E-state index in [1.807, 2.05) is 6.07 Å². The monoisotopic (exact) mass is 391 g/mol. The third-order valence-electron chi connectivity index (χ3n) is 8.11. The van der Waals surface area contributed by atoms with Gasteiger partial charge in [-0.15, -0.1) is 0 Å². The van der Waals surface area contributed by atoms with E-state index in [1.54, 1.807) is 19.5 Å². The van der Waals surface area contributed by atoms with Gasteiger partial charge in [-0.05, 0) is 74.5 Å². The zero-order chi connectivity index (χ0) is 20.4. The van der Waals surface area contributed by atoms with Crippen LogP contribution in [0.5, 0.6) is 5.75 Å². The van der Waals surface area contributed by atoms with Crippen molar-refractivity contribution in [2.24, 2.45) is 16.7 Å². The molecule has 0 aliphatic heterocycles. The van der Waals surface area contributed by atoms with Crippen molar-refractivity contribution in [2.75, 3.05) is 7.11 Å². The van der Waals surface area contributed by atoms with Crippen LogP contribution in [0.1, 0.15) is 57.9 Å². The van der Waals surface area contributed by atoms with E-state index in [9.17, 15) is 9.90 Å². The Morgan fingerprint density at radius 3 is 2.83 bits per heavy atom. The van der Waals surface area contributed by atoms with Crippen molar-refractivity contribution < 1.29 is 14.6 Å². The van der Waals surface area contributed by atoms with Crippen LogP contribution in [0.2, 0.25) is 0 Å². The minimum atomic E-state index is -0.430. The topological polar surface area (TPSA) is 59.4 Å². The van der Waals surface area contributed by atoms with Crippen LogP contribution < -0.4 is 4.74 Å². The number of hydrogen-bond donors (Lipinski definition) is 1. The minimum Gasteiger partial charge on any atom is -0.495 e. The Labute approximate surface area is 172 Å². The highest BCUT2D eigenvalue weighted by molar-refractivity contribution is 6.28. The number of rotatable bonds is 2. The van der Waals surface area contributed by atoms with Gasteiger partial charge in [-0.25, -0.2) is 0 Å². The molecule has 5 rings (SSSR count). The van der Waals surface area contributed by atoms with E-state index in [0.29, 0.717) is 11.7 Å². The third kappa shape index (κ3) is 2.61. The average Bonchev–Trinajstić information content (AvgIpc) is 3.00.